The summed E-state index contributed by atoms with van der Waals surface area (Å²) in [6, 6.07) is 62.1. The number of anilines is 9. The van der Waals surface area contributed by atoms with Gasteiger partial charge in [0.1, 0.15) is 0 Å². The van der Waals surface area contributed by atoms with Crippen LogP contribution in [0.2, 0.25) is 0 Å². The van der Waals surface area contributed by atoms with Crippen molar-refractivity contribution in [1.29, 1.82) is 0 Å². The van der Waals surface area contributed by atoms with Crippen LogP contribution < -0.4 is 30.4 Å². The van der Waals surface area contributed by atoms with Gasteiger partial charge < -0.3 is 14.7 Å². The Kier molecular flexibility index (Phi) is 11.6. The molecule has 0 atom stereocenters. The third-order valence-electron chi connectivity index (χ3n) is 17.7. The molecule has 77 heavy (non-hydrogen) atoms. The Morgan fingerprint density at radius 1 is 0.455 bits per heavy atom. The first-order valence-electron chi connectivity index (χ1n) is 28.3. The van der Waals surface area contributed by atoms with Gasteiger partial charge >= 0.3 is 0 Å². The van der Waals surface area contributed by atoms with E-state index in [1.807, 2.05) is 11.3 Å². The number of rotatable bonds is 5. The highest BCUT2D eigenvalue weighted by atomic mass is 32.1. The molecule has 390 valence electrons. The lowest BCUT2D eigenvalue weighted by Crippen LogP contribution is -2.60. The van der Waals surface area contributed by atoms with Gasteiger partial charge in [0.25, 0.3) is 6.71 Å². The molecule has 5 heteroatoms. The molecule has 0 saturated heterocycles. The number of benzene rings is 8. The second-order valence-corrected chi connectivity index (χ2v) is 29.3. The maximum Gasteiger partial charge on any atom is 0.264 e. The number of thiophene rings is 1. The van der Waals surface area contributed by atoms with Gasteiger partial charge in [-0.3, -0.25) is 0 Å². The molecule has 3 aliphatic rings. The zero-order valence-corrected chi connectivity index (χ0v) is 49.6. The molecular weight excluding hydrogens is 950 g/mol. The molecule has 0 unspecified atom stereocenters. The van der Waals surface area contributed by atoms with Crippen molar-refractivity contribution in [2.45, 2.75) is 156 Å². The third kappa shape index (κ3) is 8.53. The van der Waals surface area contributed by atoms with E-state index in [4.69, 9.17) is 0 Å². The second-order valence-electron chi connectivity index (χ2n) is 28.2. The minimum atomic E-state index is -0.0566. The molecule has 0 bridgehead atoms. The maximum atomic E-state index is 2.67. The minimum absolute atomic E-state index is 0.00157. The molecule has 0 fully saturated rings. The van der Waals surface area contributed by atoms with E-state index in [-0.39, 0.29) is 39.2 Å². The molecule has 8 aromatic carbocycles. The predicted molar refractivity (Wildman–Crippen MR) is 338 cm³/mol. The van der Waals surface area contributed by atoms with Crippen LogP contribution in [-0.2, 0) is 32.5 Å². The average molecular weight is 1030 g/mol. The summed E-state index contributed by atoms with van der Waals surface area (Å²) in [6.45, 7) is 37.8. The Morgan fingerprint density at radius 2 is 0.987 bits per heavy atom. The Balaban J connectivity index is 1.25. The number of hydrogen-bond acceptors (Lipinski definition) is 4. The third-order valence-corrected chi connectivity index (χ3v) is 18.9. The van der Waals surface area contributed by atoms with Crippen molar-refractivity contribution in [2.75, 3.05) is 14.7 Å². The second kappa shape index (κ2) is 17.5. The molecule has 1 aromatic heterocycles. The van der Waals surface area contributed by atoms with E-state index < -0.39 is 0 Å². The minimum Gasteiger partial charge on any atom is -0.311 e. The zero-order chi connectivity index (χ0) is 54.5. The normalized spacial score (nSPS) is 15.8. The van der Waals surface area contributed by atoms with Crippen LogP contribution in [0.25, 0.3) is 20.9 Å². The predicted octanol–water partition coefficient (Wildman–Crippen LogP) is 19.1. The smallest absolute Gasteiger partial charge is 0.264 e. The largest absolute Gasteiger partial charge is 0.311 e. The fourth-order valence-electron chi connectivity index (χ4n) is 12.8. The summed E-state index contributed by atoms with van der Waals surface area (Å²) in [4.78, 5) is 7.89. The highest BCUT2D eigenvalue weighted by molar-refractivity contribution is 7.33. The van der Waals surface area contributed by atoms with Crippen molar-refractivity contribution in [3.63, 3.8) is 0 Å². The Hall–Kier alpha value is -6.56. The van der Waals surface area contributed by atoms with E-state index in [1.54, 1.807) is 0 Å². The van der Waals surface area contributed by atoms with E-state index >= 15 is 0 Å². The topological polar surface area (TPSA) is 9.72 Å². The van der Waals surface area contributed by atoms with Gasteiger partial charge in [0.05, 0.1) is 17.1 Å². The Bertz CT molecular complexity index is 3800. The molecule has 9 aromatic rings. The summed E-state index contributed by atoms with van der Waals surface area (Å²) in [7, 11) is 0. The molecule has 2 aliphatic heterocycles. The van der Waals surface area contributed by atoms with Gasteiger partial charge in [0.2, 0.25) is 0 Å². The molecule has 0 spiro atoms. The van der Waals surface area contributed by atoms with Gasteiger partial charge in [0.15, 0.2) is 0 Å². The number of nitrogens with zero attached hydrogens (tertiary/aromatic N) is 3. The lowest BCUT2D eigenvalue weighted by Gasteiger charge is -2.45. The van der Waals surface area contributed by atoms with Gasteiger partial charge in [-0.05, 0) is 168 Å². The van der Waals surface area contributed by atoms with E-state index in [1.165, 1.54) is 116 Å². The van der Waals surface area contributed by atoms with Crippen LogP contribution in [0, 0.1) is 0 Å². The Morgan fingerprint density at radius 3 is 1.61 bits per heavy atom. The van der Waals surface area contributed by atoms with Gasteiger partial charge in [0, 0.05) is 54.4 Å². The van der Waals surface area contributed by atoms with E-state index in [0.717, 1.165) is 17.8 Å². The summed E-state index contributed by atoms with van der Waals surface area (Å²) in [5, 5.41) is 3.76. The SMILES string of the molecule is CC(C)(C)c1ccc(N2c3ccc(C(C)(C)C)cc3B3c4sc5ccc(C(C)(C)C)cc5c4N(c4ccc(C(C)(C)C)cc4)c4cc(N(c5ccc6c(c5)C(C)(C)CCC6(C)C)c5cccc6ccccc56)cc2c43)cc1. The Labute approximate surface area is 465 Å². The van der Waals surface area contributed by atoms with Crippen molar-refractivity contribution in [3.8, 4) is 0 Å². The van der Waals surface area contributed by atoms with Crippen molar-refractivity contribution in [3.05, 3.63) is 191 Å². The van der Waals surface area contributed by atoms with E-state index in [2.05, 4.69) is 283 Å². The first kappa shape index (κ1) is 51.2. The highest BCUT2D eigenvalue weighted by Crippen LogP contribution is 2.54. The first-order valence-corrected chi connectivity index (χ1v) is 29.1. The molecule has 0 radical (unpaired) electrons. The van der Waals surface area contributed by atoms with E-state index in [9.17, 15) is 0 Å². The molecule has 3 nitrogen and oxygen atoms in total. The molecular formula is C72H78BN3S. The van der Waals surface area contributed by atoms with Crippen LogP contribution in [0.3, 0.4) is 0 Å². The van der Waals surface area contributed by atoms with Crippen LogP contribution in [0.15, 0.2) is 158 Å². The highest BCUT2D eigenvalue weighted by Gasteiger charge is 2.47. The van der Waals surface area contributed by atoms with Crippen LogP contribution in [0.1, 0.15) is 157 Å². The van der Waals surface area contributed by atoms with Crippen LogP contribution >= 0.6 is 11.3 Å². The fourth-order valence-corrected chi connectivity index (χ4v) is 14.1. The molecule has 0 N–H and O–H groups in total. The van der Waals surface area contributed by atoms with Gasteiger partial charge in [-0.1, -0.05) is 196 Å². The van der Waals surface area contributed by atoms with Crippen molar-refractivity contribution < 1.29 is 0 Å². The molecule has 0 saturated carbocycles. The lowest BCUT2D eigenvalue weighted by molar-refractivity contribution is 0.332. The van der Waals surface area contributed by atoms with Crippen molar-refractivity contribution in [2.24, 2.45) is 0 Å². The molecule has 12 rings (SSSR count). The quantitative estimate of drug-likeness (QED) is 0.159. The van der Waals surface area contributed by atoms with Gasteiger partial charge in [-0.2, -0.15) is 0 Å². The first-order chi connectivity index (χ1) is 36.2. The summed E-state index contributed by atoms with van der Waals surface area (Å²) in [6.07, 6.45) is 2.31. The summed E-state index contributed by atoms with van der Waals surface area (Å²) in [5.41, 5.74) is 21.7. The fraction of sp³-hybridized carbons (Fsp3) is 0.333. The number of hydrogen-bond donors (Lipinski definition) is 0. The van der Waals surface area contributed by atoms with Crippen LogP contribution in [-0.4, -0.2) is 6.71 Å². The molecule has 1 aliphatic carbocycles. The van der Waals surface area contributed by atoms with Crippen molar-refractivity contribution >= 4 is 106 Å². The maximum absolute atomic E-state index is 2.67. The molecule has 3 heterocycles. The lowest BCUT2D eigenvalue weighted by atomic mass is 9.36. The average Bonchev–Trinajstić information content (AvgIpc) is 3.81. The molecule has 0 amide bonds. The van der Waals surface area contributed by atoms with E-state index in [0.29, 0.717) is 0 Å². The summed E-state index contributed by atoms with van der Waals surface area (Å²) in [5.74, 6) is 0. The summed E-state index contributed by atoms with van der Waals surface area (Å²) < 4.78 is 2.72. The zero-order valence-electron chi connectivity index (χ0n) is 48.8. The van der Waals surface area contributed by atoms with Gasteiger partial charge in [-0.15, -0.1) is 11.3 Å². The standard InChI is InChI=1S/C72H78BN3S/c1-67(2,3)46-24-30-50(31-25-46)75-60-36-28-49(70(10,11)12)41-58(60)73-64-61(75)43-53(74(59-23-19-21-45-20-17-18-22-54(45)59)52-34-35-56-57(42-52)72(15,16)39-38-71(56,13)14)44-62(64)76(51-32-26-47(27-33-51)68(4,5)6)65-55-40-48(69(7,8)9)29-37-63(55)77-66(65)73/h17-37,40-44H,38-39H2,1-16H3. The van der Waals surface area contributed by atoms with Gasteiger partial charge in [-0.25, -0.2) is 0 Å². The monoisotopic (exact) mass is 1030 g/mol. The summed E-state index contributed by atoms with van der Waals surface area (Å²) >= 11 is 1.99. The van der Waals surface area contributed by atoms with Crippen LogP contribution in [0.5, 0.6) is 0 Å². The van der Waals surface area contributed by atoms with Crippen LogP contribution in [0.4, 0.5) is 51.2 Å². The van der Waals surface area contributed by atoms with Crippen molar-refractivity contribution in [1.82, 2.24) is 0 Å². The number of fused-ring (bicyclic) bond motifs is 8.